The van der Waals surface area contributed by atoms with E-state index in [1.807, 2.05) is 0 Å². The standard InChI is InChI=1S/C19H25FO4/c1-12(2)14-9-8-13(3)10-17(14)24-18(21)11-23-19(22)15-6-4-5-7-16(15)20/h4-7,12-14,17H,8-11H2,1-3H3/t13-,14+,17+/m0/s1. The van der Waals surface area contributed by atoms with Crippen LogP contribution in [-0.2, 0) is 14.3 Å². The van der Waals surface area contributed by atoms with Gasteiger partial charge in [0, 0.05) is 0 Å². The first-order valence-corrected chi connectivity index (χ1v) is 8.49. The maximum absolute atomic E-state index is 13.5. The molecule has 3 atom stereocenters. The third kappa shape index (κ3) is 4.79. The van der Waals surface area contributed by atoms with Gasteiger partial charge in [0.05, 0.1) is 5.56 Å². The Morgan fingerprint density at radius 1 is 1.25 bits per heavy atom. The van der Waals surface area contributed by atoms with Crippen LogP contribution in [0.15, 0.2) is 24.3 Å². The highest BCUT2D eigenvalue weighted by atomic mass is 19.1. The molecule has 0 heterocycles. The predicted octanol–water partition coefficient (Wildman–Crippen LogP) is 3.99. The van der Waals surface area contributed by atoms with Gasteiger partial charge in [-0.05, 0) is 42.7 Å². The second-order valence-electron chi connectivity index (χ2n) is 6.91. The Bertz CT molecular complexity index is 584. The van der Waals surface area contributed by atoms with Crippen LogP contribution in [0.5, 0.6) is 0 Å². The molecule has 1 fully saturated rings. The molecule has 0 N–H and O–H groups in total. The Morgan fingerprint density at radius 3 is 2.62 bits per heavy atom. The summed E-state index contributed by atoms with van der Waals surface area (Å²) in [6.07, 6.45) is 2.86. The molecule has 0 spiro atoms. The van der Waals surface area contributed by atoms with Crippen LogP contribution in [0.2, 0.25) is 0 Å². The van der Waals surface area contributed by atoms with Crippen LogP contribution in [-0.4, -0.2) is 24.6 Å². The van der Waals surface area contributed by atoms with Crippen LogP contribution in [0.1, 0.15) is 50.4 Å². The first kappa shape index (κ1) is 18.4. The van der Waals surface area contributed by atoms with Gasteiger partial charge in [-0.15, -0.1) is 0 Å². The maximum atomic E-state index is 13.5. The molecular weight excluding hydrogens is 311 g/mol. The largest absolute Gasteiger partial charge is 0.460 e. The molecule has 0 aromatic heterocycles. The van der Waals surface area contributed by atoms with Crippen LogP contribution >= 0.6 is 0 Å². The Balaban J connectivity index is 1.88. The van der Waals surface area contributed by atoms with Gasteiger partial charge in [0.15, 0.2) is 6.61 Å². The van der Waals surface area contributed by atoms with E-state index in [1.165, 1.54) is 24.3 Å². The molecule has 1 aromatic carbocycles. The average Bonchev–Trinajstić information content (AvgIpc) is 2.53. The maximum Gasteiger partial charge on any atom is 0.344 e. The quantitative estimate of drug-likeness (QED) is 0.763. The van der Waals surface area contributed by atoms with E-state index in [0.29, 0.717) is 17.8 Å². The van der Waals surface area contributed by atoms with Crippen molar-refractivity contribution in [3.63, 3.8) is 0 Å². The van der Waals surface area contributed by atoms with Crippen LogP contribution in [0.4, 0.5) is 4.39 Å². The van der Waals surface area contributed by atoms with Crippen LogP contribution in [0.3, 0.4) is 0 Å². The zero-order valence-electron chi connectivity index (χ0n) is 14.5. The molecule has 2 rings (SSSR count). The minimum atomic E-state index is -0.859. The molecule has 132 valence electrons. The van der Waals surface area contributed by atoms with Crippen molar-refractivity contribution in [2.24, 2.45) is 17.8 Å². The molecular formula is C19H25FO4. The van der Waals surface area contributed by atoms with E-state index in [0.717, 1.165) is 19.3 Å². The second-order valence-corrected chi connectivity index (χ2v) is 6.91. The molecule has 0 saturated heterocycles. The van der Waals surface area contributed by atoms with Gasteiger partial charge in [0.1, 0.15) is 11.9 Å². The monoisotopic (exact) mass is 336 g/mol. The molecule has 0 aliphatic heterocycles. The number of esters is 2. The highest BCUT2D eigenvalue weighted by Gasteiger charge is 2.33. The highest BCUT2D eigenvalue weighted by Crippen LogP contribution is 2.35. The SMILES string of the molecule is CC(C)[C@H]1CC[C@H](C)C[C@H]1OC(=O)COC(=O)c1ccccc1F. The number of carbonyl (C=O) groups is 2. The molecule has 5 heteroatoms. The number of hydrogen-bond donors (Lipinski definition) is 0. The number of benzene rings is 1. The molecule has 1 aliphatic carbocycles. The zero-order valence-corrected chi connectivity index (χ0v) is 14.5. The summed E-state index contributed by atoms with van der Waals surface area (Å²) in [5, 5.41) is 0. The van der Waals surface area contributed by atoms with Crippen molar-refractivity contribution in [1.29, 1.82) is 0 Å². The number of halogens is 1. The van der Waals surface area contributed by atoms with E-state index >= 15 is 0 Å². The van der Waals surface area contributed by atoms with E-state index in [1.54, 1.807) is 0 Å². The third-order valence-electron chi connectivity index (χ3n) is 4.66. The summed E-state index contributed by atoms with van der Waals surface area (Å²) in [6, 6.07) is 5.51. The second kappa shape index (κ2) is 8.27. The van der Waals surface area contributed by atoms with Gasteiger partial charge in [-0.2, -0.15) is 0 Å². The molecule has 24 heavy (non-hydrogen) atoms. The lowest BCUT2D eigenvalue weighted by atomic mass is 9.75. The molecule has 1 aliphatic rings. The van der Waals surface area contributed by atoms with Crippen LogP contribution in [0.25, 0.3) is 0 Å². The number of rotatable bonds is 5. The molecule has 0 amide bonds. The lowest BCUT2D eigenvalue weighted by molar-refractivity contribution is -0.159. The van der Waals surface area contributed by atoms with Gasteiger partial charge >= 0.3 is 11.9 Å². The molecule has 0 unspecified atom stereocenters. The van der Waals surface area contributed by atoms with Crippen molar-refractivity contribution in [3.05, 3.63) is 35.6 Å². The summed E-state index contributed by atoms with van der Waals surface area (Å²) in [5.74, 6) is -0.841. The predicted molar refractivity (Wildman–Crippen MR) is 87.9 cm³/mol. The molecule has 4 nitrogen and oxygen atoms in total. The lowest BCUT2D eigenvalue weighted by Crippen LogP contribution is -2.36. The summed E-state index contributed by atoms with van der Waals surface area (Å²) >= 11 is 0. The molecule has 0 radical (unpaired) electrons. The van der Waals surface area contributed by atoms with Crippen molar-refractivity contribution in [3.8, 4) is 0 Å². The summed E-state index contributed by atoms with van der Waals surface area (Å²) in [6.45, 7) is 5.90. The minimum absolute atomic E-state index is 0.145. The fourth-order valence-corrected chi connectivity index (χ4v) is 3.28. The molecule has 1 aromatic rings. The number of ether oxygens (including phenoxy) is 2. The Morgan fingerprint density at radius 2 is 1.96 bits per heavy atom. The van der Waals surface area contributed by atoms with Crippen molar-refractivity contribution in [2.75, 3.05) is 6.61 Å². The van der Waals surface area contributed by atoms with Gasteiger partial charge in [-0.3, -0.25) is 0 Å². The first-order valence-electron chi connectivity index (χ1n) is 8.49. The highest BCUT2D eigenvalue weighted by molar-refractivity contribution is 5.91. The number of hydrogen-bond acceptors (Lipinski definition) is 4. The third-order valence-corrected chi connectivity index (χ3v) is 4.66. The Hall–Kier alpha value is -1.91. The van der Waals surface area contributed by atoms with Crippen LogP contribution < -0.4 is 0 Å². The summed E-state index contributed by atoms with van der Waals surface area (Å²) in [4.78, 5) is 23.8. The molecule has 1 saturated carbocycles. The normalized spacial score (nSPS) is 23.8. The van der Waals surface area contributed by atoms with Gasteiger partial charge in [0.25, 0.3) is 0 Å². The Kier molecular flexibility index (Phi) is 6.35. The fourth-order valence-electron chi connectivity index (χ4n) is 3.28. The van der Waals surface area contributed by atoms with Crippen molar-refractivity contribution < 1.29 is 23.5 Å². The van der Waals surface area contributed by atoms with E-state index in [9.17, 15) is 14.0 Å². The Labute approximate surface area is 142 Å². The van der Waals surface area contributed by atoms with Crippen LogP contribution in [0, 0.1) is 23.6 Å². The molecule has 0 bridgehead atoms. The lowest BCUT2D eigenvalue weighted by Gasteiger charge is -2.36. The van der Waals surface area contributed by atoms with Gasteiger partial charge < -0.3 is 9.47 Å². The first-order chi connectivity index (χ1) is 11.4. The van der Waals surface area contributed by atoms with Crippen molar-refractivity contribution in [2.45, 2.75) is 46.1 Å². The van der Waals surface area contributed by atoms with Gasteiger partial charge in [-0.1, -0.05) is 39.3 Å². The van der Waals surface area contributed by atoms with E-state index in [4.69, 9.17) is 9.47 Å². The zero-order chi connectivity index (χ0) is 17.7. The van der Waals surface area contributed by atoms with Crippen molar-refractivity contribution >= 4 is 11.9 Å². The average molecular weight is 336 g/mol. The van der Waals surface area contributed by atoms with Gasteiger partial charge in [-0.25, -0.2) is 14.0 Å². The van der Waals surface area contributed by atoms with E-state index in [-0.39, 0.29) is 11.7 Å². The minimum Gasteiger partial charge on any atom is -0.460 e. The van der Waals surface area contributed by atoms with Crippen molar-refractivity contribution in [1.82, 2.24) is 0 Å². The topological polar surface area (TPSA) is 52.6 Å². The number of carbonyl (C=O) groups excluding carboxylic acids is 2. The summed E-state index contributed by atoms with van der Waals surface area (Å²) in [7, 11) is 0. The fraction of sp³-hybridized carbons (Fsp3) is 0.579. The van der Waals surface area contributed by atoms with Gasteiger partial charge in [0.2, 0.25) is 0 Å². The van der Waals surface area contributed by atoms with E-state index in [2.05, 4.69) is 20.8 Å². The van der Waals surface area contributed by atoms with E-state index < -0.39 is 24.4 Å². The summed E-state index contributed by atoms with van der Waals surface area (Å²) in [5.41, 5.74) is -0.184. The summed E-state index contributed by atoms with van der Waals surface area (Å²) < 4.78 is 23.9. The smallest absolute Gasteiger partial charge is 0.344 e.